The molecule has 0 radical (unpaired) electrons. The average molecular weight is 447 g/mol. The molecule has 2 aromatic heterocycles. The number of hydrogen-bond donors (Lipinski definition) is 1. The topological polar surface area (TPSA) is 76.5 Å². The third-order valence-corrected chi connectivity index (χ3v) is 5.71. The Morgan fingerprint density at radius 2 is 1.90 bits per heavy atom. The molecule has 0 aliphatic rings. The second-order valence-electron chi connectivity index (χ2n) is 6.89. The van der Waals surface area contributed by atoms with Gasteiger partial charge in [-0.1, -0.05) is 0 Å². The Kier molecular flexibility index (Phi) is 5.53. The number of carboxylic acid groups (broad SMARTS) is 1. The largest absolute Gasteiger partial charge is 0.481 e. The van der Waals surface area contributed by atoms with Crippen molar-refractivity contribution < 1.29 is 31.9 Å². The van der Waals surface area contributed by atoms with Crippen LogP contribution >= 0.6 is 11.8 Å². The Morgan fingerprint density at radius 1 is 1.16 bits per heavy atom. The summed E-state index contributed by atoms with van der Waals surface area (Å²) < 4.78 is 49.5. The SMILES string of the molecule is Cc1nc(-c2ccc(C(F)(F)F)cc2)oc1CSc1cc(CC(=O)O)cc2occc12. The Morgan fingerprint density at radius 3 is 2.58 bits per heavy atom. The summed E-state index contributed by atoms with van der Waals surface area (Å²) in [6, 6.07) is 9.96. The molecule has 9 heteroatoms. The number of hydrogen-bond acceptors (Lipinski definition) is 5. The lowest BCUT2D eigenvalue weighted by molar-refractivity contribution is -0.138. The predicted molar refractivity (Wildman–Crippen MR) is 109 cm³/mol. The number of aryl methyl sites for hydroxylation is 1. The molecule has 4 rings (SSSR count). The van der Waals surface area contributed by atoms with Crippen molar-refractivity contribution in [1.29, 1.82) is 0 Å². The zero-order chi connectivity index (χ0) is 22.2. The molecule has 0 fully saturated rings. The van der Waals surface area contributed by atoms with E-state index in [9.17, 15) is 18.0 Å². The first-order chi connectivity index (χ1) is 14.7. The molecule has 160 valence electrons. The number of thioether (sulfide) groups is 1. The van der Waals surface area contributed by atoms with E-state index < -0.39 is 17.7 Å². The number of aliphatic carboxylic acids is 1. The molecule has 0 spiro atoms. The third kappa shape index (κ3) is 4.61. The van der Waals surface area contributed by atoms with Gasteiger partial charge in [0.15, 0.2) is 0 Å². The number of rotatable bonds is 6. The first-order valence-corrected chi connectivity index (χ1v) is 10.2. The summed E-state index contributed by atoms with van der Waals surface area (Å²) in [5, 5.41) is 9.93. The standard InChI is InChI=1S/C22H16F3NO4S/c1-12-18(30-21(26-12)14-2-4-15(5-3-14)22(23,24)25)11-31-19-9-13(10-20(27)28)8-17-16(19)6-7-29-17/h2-9H,10-11H2,1H3,(H,27,28). The highest BCUT2D eigenvalue weighted by Crippen LogP contribution is 2.35. The molecule has 0 bridgehead atoms. The van der Waals surface area contributed by atoms with Gasteiger partial charge in [-0.15, -0.1) is 11.8 Å². The van der Waals surface area contributed by atoms with Crippen LogP contribution in [-0.4, -0.2) is 16.1 Å². The second kappa shape index (κ2) is 8.14. The molecular formula is C22H16F3NO4S. The van der Waals surface area contributed by atoms with Gasteiger partial charge in [-0.25, -0.2) is 4.98 Å². The lowest BCUT2D eigenvalue weighted by Gasteiger charge is -2.06. The van der Waals surface area contributed by atoms with Crippen molar-refractivity contribution in [2.45, 2.75) is 30.2 Å². The number of halogens is 3. The van der Waals surface area contributed by atoms with Gasteiger partial charge in [-0.05, 0) is 55.0 Å². The minimum absolute atomic E-state index is 0.121. The number of furan rings is 1. The molecule has 1 N–H and O–H groups in total. The number of oxazole rings is 1. The second-order valence-corrected chi connectivity index (χ2v) is 7.91. The maximum Gasteiger partial charge on any atom is 0.416 e. The van der Waals surface area contributed by atoms with Gasteiger partial charge < -0.3 is 13.9 Å². The monoisotopic (exact) mass is 447 g/mol. The molecule has 2 aromatic carbocycles. The number of carboxylic acids is 1. The van der Waals surface area contributed by atoms with Gasteiger partial charge >= 0.3 is 12.1 Å². The van der Waals surface area contributed by atoms with Crippen molar-refractivity contribution in [2.75, 3.05) is 0 Å². The Balaban J connectivity index is 1.56. The fourth-order valence-electron chi connectivity index (χ4n) is 3.12. The highest BCUT2D eigenvalue weighted by Gasteiger charge is 2.30. The van der Waals surface area contributed by atoms with E-state index in [2.05, 4.69) is 4.98 Å². The zero-order valence-electron chi connectivity index (χ0n) is 16.2. The molecule has 0 saturated carbocycles. The van der Waals surface area contributed by atoms with E-state index in [1.807, 2.05) is 6.07 Å². The molecular weight excluding hydrogens is 431 g/mol. The Hall–Kier alpha value is -3.20. The maximum atomic E-state index is 12.8. The fourth-order valence-corrected chi connectivity index (χ4v) is 4.23. The molecule has 0 unspecified atom stereocenters. The van der Waals surface area contributed by atoms with Gasteiger partial charge in [0.2, 0.25) is 5.89 Å². The number of carbonyl (C=O) groups is 1. The van der Waals surface area contributed by atoms with Crippen LogP contribution in [0.3, 0.4) is 0 Å². The highest BCUT2D eigenvalue weighted by molar-refractivity contribution is 7.98. The quantitative estimate of drug-likeness (QED) is 0.348. The zero-order valence-corrected chi connectivity index (χ0v) is 17.0. The van der Waals surface area contributed by atoms with Crippen LogP contribution in [0, 0.1) is 6.92 Å². The van der Waals surface area contributed by atoms with Crippen LogP contribution in [0.4, 0.5) is 13.2 Å². The summed E-state index contributed by atoms with van der Waals surface area (Å²) in [5.74, 6) is 0.306. The van der Waals surface area contributed by atoms with Crippen LogP contribution in [0.1, 0.15) is 22.6 Å². The van der Waals surface area contributed by atoms with Crippen molar-refractivity contribution >= 4 is 28.7 Å². The highest BCUT2D eigenvalue weighted by atomic mass is 32.2. The van der Waals surface area contributed by atoms with Crippen molar-refractivity contribution in [1.82, 2.24) is 4.98 Å². The fraction of sp³-hybridized carbons (Fsp3) is 0.182. The number of aromatic nitrogens is 1. The number of benzene rings is 2. The first-order valence-electron chi connectivity index (χ1n) is 9.19. The van der Waals surface area contributed by atoms with Crippen molar-refractivity contribution in [3.63, 3.8) is 0 Å². The lowest BCUT2D eigenvalue weighted by Crippen LogP contribution is -2.03. The van der Waals surface area contributed by atoms with Gasteiger partial charge in [0, 0.05) is 15.8 Å². The minimum Gasteiger partial charge on any atom is -0.481 e. The Bertz CT molecular complexity index is 1240. The Labute approximate surface area is 178 Å². The van der Waals surface area contributed by atoms with Crippen molar-refractivity contribution in [3.05, 3.63) is 71.3 Å². The average Bonchev–Trinajstić information content (AvgIpc) is 3.31. The van der Waals surface area contributed by atoms with Gasteiger partial charge in [-0.3, -0.25) is 4.79 Å². The van der Waals surface area contributed by atoms with Crippen LogP contribution in [0.2, 0.25) is 0 Å². The van der Waals surface area contributed by atoms with E-state index in [1.54, 1.807) is 25.3 Å². The number of nitrogens with zero attached hydrogens (tertiary/aromatic N) is 1. The van der Waals surface area contributed by atoms with E-state index in [1.165, 1.54) is 23.9 Å². The summed E-state index contributed by atoms with van der Waals surface area (Å²) >= 11 is 1.44. The molecule has 0 aliphatic carbocycles. The van der Waals surface area contributed by atoms with Crippen molar-refractivity contribution in [2.24, 2.45) is 0 Å². The van der Waals surface area contributed by atoms with Crippen LogP contribution in [0.25, 0.3) is 22.4 Å². The molecule has 0 amide bonds. The van der Waals surface area contributed by atoms with Crippen LogP contribution in [0.5, 0.6) is 0 Å². The van der Waals surface area contributed by atoms with E-state index in [4.69, 9.17) is 13.9 Å². The maximum absolute atomic E-state index is 12.8. The smallest absolute Gasteiger partial charge is 0.416 e. The molecule has 0 saturated heterocycles. The van der Waals surface area contributed by atoms with Crippen LogP contribution in [0.15, 0.2) is 62.5 Å². The molecule has 0 atom stereocenters. The minimum atomic E-state index is -4.40. The first kappa shape index (κ1) is 21.0. The van der Waals surface area contributed by atoms with Crippen LogP contribution in [-0.2, 0) is 23.1 Å². The summed E-state index contributed by atoms with van der Waals surface area (Å²) in [5.41, 5.74) is 1.57. The van der Waals surface area contributed by atoms with E-state index in [0.717, 1.165) is 22.4 Å². The van der Waals surface area contributed by atoms with Gasteiger partial charge in [-0.2, -0.15) is 13.2 Å². The van der Waals surface area contributed by atoms with E-state index >= 15 is 0 Å². The molecule has 4 aromatic rings. The molecule has 5 nitrogen and oxygen atoms in total. The number of alkyl halides is 3. The van der Waals surface area contributed by atoms with Crippen molar-refractivity contribution in [3.8, 4) is 11.5 Å². The summed E-state index contributed by atoms with van der Waals surface area (Å²) in [6.07, 6.45) is -2.98. The summed E-state index contributed by atoms with van der Waals surface area (Å²) in [7, 11) is 0. The summed E-state index contributed by atoms with van der Waals surface area (Å²) in [6.45, 7) is 1.77. The third-order valence-electron chi connectivity index (χ3n) is 4.66. The molecule has 31 heavy (non-hydrogen) atoms. The van der Waals surface area contributed by atoms with Gasteiger partial charge in [0.1, 0.15) is 11.3 Å². The molecule has 2 heterocycles. The number of fused-ring (bicyclic) bond motifs is 1. The van der Waals surface area contributed by atoms with Gasteiger partial charge in [0.25, 0.3) is 0 Å². The van der Waals surface area contributed by atoms with Crippen LogP contribution < -0.4 is 0 Å². The molecule has 0 aliphatic heterocycles. The van der Waals surface area contributed by atoms with E-state index in [0.29, 0.717) is 33.9 Å². The van der Waals surface area contributed by atoms with E-state index in [-0.39, 0.29) is 12.3 Å². The normalized spacial score (nSPS) is 11.9. The van der Waals surface area contributed by atoms with Gasteiger partial charge in [0.05, 0.1) is 29.7 Å². The predicted octanol–water partition coefficient (Wildman–Crippen LogP) is 6.33. The lowest BCUT2D eigenvalue weighted by atomic mass is 10.1. The summed E-state index contributed by atoms with van der Waals surface area (Å²) in [4.78, 5) is 16.2.